The molecular formula is C23H29F6N3O4. The number of rotatable bonds is 3. The summed E-state index contributed by atoms with van der Waals surface area (Å²) in [6.45, 7) is 9.85. The molecule has 1 aromatic carbocycles. The van der Waals surface area contributed by atoms with E-state index in [1.165, 1.54) is 47.1 Å². The summed E-state index contributed by atoms with van der Waals surface area (Å²) in [5.41, 5.74) is 6.36. The molecule has 2 N–H and O–H groups in total. The molecule has 1 aliphatic heterocycles. The van der Waals surface area contributed by atoms with Gasteiger partial charge in [-0.15, -0.1) is 0 Å². The van der Waals surface area contributed by atoms with Crippen LogP contribution in [0.3, 0.4) is 0 Å². The Morgan fingerprint density at radius 1 is 1.03 bits per heavy atom. The fourth-order valence-electron chi connectivity index (χ4n) is 3.49. The molecule has 0 amide bonds. The fourth-order valence-corrected chi connectivity index (χ4v) is 3.49. The number of benzene rings is 1. The van der Waals surface area contributed by atoms with Crippen LogP contribution in [0.2, 0.25) is 0 Å². The number of alkyl halides is 6. The van der Waals surface area contributed by atoms with Crippen LogP contribution in [-0.4, -0.2) is 82.5 Å². The SMILES string of the molecule is Cc1cc(CN2CCC(N(C)C)C2)c2ccc(C)c(C)c2n1.O=C(O)C(F)(F)F.O=C(O)C(F)(F)F. The summed E-state index contributed by atoms with van der Waals surface area (Å²) in [5.74, 6) is -5.51. The normalized spacial score (nSPS) is 16.3. The highest BCUT2D eigenvalue weighted by molar-refractivity contribution is 5.86. The van der Waals surface area contributed by atoms with Gasteiger partial charge in [0.25, 0.3) is 0 Å². The second-order valence-electron chi connectivity index (χ2n) is 8.57. The second-order valence-corrected chi connectivity index (χ2v) is 8.57. The van der Waals surface area contributed by atoms with E-state index >= 15 is 0 Å². The zero-order valence-corrected chi connectivity index (χ0v) is 20.5. The predicted molar refractivity (Wildman–Crippen MR) is 121 cm³/mol. The number of aryl methyl sites for hydroxylation is 3. The first-order valence-corrected chi connectivity index (χ1v) is 10.7. The summed E-state index contributed by atoms with van der Waals surface area (Å²) < 4.78 is 63.5. The molecule has 1 aromatic heterocycles. The minimum atomic E-state index is -5.08. The monoisotopic (exact) mass is 525 g/mol. The summed E-state index contributed by atoms with van der Waals surface area (Å²) in [4.78, 5) is 27.5. The van der Waals surface area contributed by atoms with E-state index in [4.69, 9.17) is 24.8 Å². The summed E-state index contributed by atoms with van der Waals surface area (Å²) >= 11 is 0. The second kappa shape index (κ2) is 12.3. The van der Waals surface area contributed by atoms with Crippen LogP contribution in [0, 0.1) is 20.8 Å². The molecule has 202 valence electrons. The maximum atomic E-state index is 10.6. The van der Waals surface area contributed by atoms with Crippen LogP contribution < -0.4 is 0 Å². The van der Waals surface area contributed by atoms with Gasteiger partial charge < -0.3 is 15.1 Å². The zero-order chi connectivity index (χ0) is 28.0. The van der Waals surface area contributed by atoms with Crippen molar-refractivity contribution in [3.63, 3.8) is 0 Å². The molecule has 1 unspecified atom stereocenters. The highest BCUT2D eigenvalue weighted by Gasteiger charge is 2.38. The third-order valence-electron chi connectivity index (χ3n) is 5.58. The number of pyridine rings is 1. The van der Waals surface area contributed by atoms with E-state index in [1.807, 2.05) is 0 Å². The Labute approximate surface area is 204 Å². The Morgan fingerprint density at radius 3 is 1.94 bits per heavy atom. The van der Waals surface area contributed by atoms with E-state index in [2.05, 4.69) is 62.9 Å². The van der Waals surface area contributed by atoms with Crippen molar-refractivity contribution in [2.75, 3.05) is 27.2 Å². The highest BCUT2D eigenvalue weighted by atomic mass is 19.4. The largest absolute Gasteiger partial charge is 0.490 e. The first-order chi connectivity index (χ1) is 16.3. The summed E-state index contributed by atoms with van der Waals surface area (Å²) in [6.07, 6.45) is -8.90. The molecule has 0 radical (unpaired) electrons. The van der Waals surface area contributed by atoms with Crippen LogP contribution in [0.4, 0.5) is 26.3 Å². The molecular weight excluding hydrogens is 496 g/mol. The van der Waals surface area contributed by atoms with Crippen molar-refractivity contribution in [1.29, 1.82) is 0 Å². The van der Waals surface area contributed by atoms with E-state index < -0.39 is 24.3 Å². The molecule has 0 saturated carbocycles. The van der Waals surface area contributed by atoms with E-state index in [-0.39, 0.29) is 0 Å². The smallest absolute Gasteiger partial charge is 0.475 e. The van der Waals surface area contributed by atoms with Gasteiger partial charge in [-0.25, -0.2) is 9.59 Å². The molecule has 2 heterocycles. The molecule has 1 atom stereocenters. The van der Waals surface area contributed by atoms with Crippen molar-refractivity contribution in [3.05, 3.63) is 40.6 Å². The van der Waals surface area contributed by atoms with Crippen LogP contribution in [0.15, 0.2) is 18.2 Å². The van der Waals surface area contributed by atoms with Gasteiger partial charge >= 0.3 is 24.3 Å². The molecule has 36 heavy (non-hydrogen) atoms. The third-order valence-corrected chi connectivity index (χ3v) is 5.58. The van der Waals surface area contributed by atoms with Crippen molar-refractivity contribution in [2.45, 2.75) is 52.1 Å². The van der Waals surface area contributed by atoms with Gasteiger partial charge in [0.2, 0.25) is 0 Å². The zero-order valence-electron chi connectivity index (χ0n) is 20.5. The molecule has 1 aliphatic rings. The molecule has 2 aromatic rings. The van der Waals surface area contributed by atoms with Crippen LogP contribution in [0.5, 0.6) is 0 Å². The van der Waals surface area contributed by atoms with Gasteiger partial charge in [0, 0.05) is 36.8 Å². The Balaban J connectivity index is 0.000000383. The molecule has 1 saturated heterocycles. The first kappa shape index (κ1) is 31.1. The number of likely N-dealkylation sites (tertiary alicyclic amines) is 1. The van der Waals surface area contributed by atoms with Crippen LogP contribution in [0.25, 0.3) is 10.9 Å². The lowest BCUT2D eigenvalue weighted by atomic mass is 10.0. The Bertz CT molecular complexity index is 1050. The lowest BCUT2D eigenvalue weighted by Gasteiger charge is -2.21. The minimum Gasteiger partial charge on any atom is -0.475 e. The fraction of sp³-hybridized carbons (Fsp3) is 0.522. The highest BCUT2D eigenvalue weighted by Crippen LogP contribution is 2.26. The third kappa shape index (κ3) is 9.26. The number of hydrogen-bond donors (Lipinski definition) is 2. The number of hydrogen-bond acceptors (Lipinski definition) is 5. The summed E-state index contributed by atoms with van der Waals surface area (Å²) in [7, 11) is 4.37. The van der Waals surface area contributed by atoms with E-state index in [1.54, 1.807) is 0 Å². The number of halogens is 6. The lowest BCUT2D eigenvalue weighted by Crippen LogP contribution is -2.31. The van der Waals surface area contributed by atoms with E-state index in [0.717, 1.165) is 12.2 Å². The average Bonchev–Trinajstić information content (AvgIpc) is 3.19. The Hall–Kier alpha value is -2.93. The van der Waals surface area contributed by atoms with E-state index in [0.29, 0.717) is 6.04 Å². The number of carbonyl (C=O) groups is 2. The van der Waals surface area contributed by atoms with Gasteiger partial charge in [-0.3, -0.25) is 9.88 Å². The van der Waals surface area contributed by atoms with Crippen molar-refractivity contribution in [1.82, 2.24) is 14.8 Å². The molecule has 3 rings (SSSR count). The van der Waals surface area contributed by atoms with Crippen molar-refractivity contribution in [3.8, 4) is 0 Å². The van der Waals surface area contributed by atoms with Gasteiger partial charge in [-0.05, 0) is 64.0 Å². The quantitative estimate of drug-likeness (QED) is 0.568. The van der Waals surface area contributed by atoms with Gasteiger partial charge in [0.05, 0.1) is 5.52 Å². The molecule has 7 nitrogen and oxygen atoms in total. The molecule has 1 fully saturated rings. The topological polar surface area (TPSA) is 94.0 Å². The Morgan fingerprint density at radius 2 is 1.53 bits per heavy atom. The summed E-state index contributed by atoms with van der Waals surface area (Å²) in [5, 5.41) is 15.6. The van der Waals surface area contributed by atoms with Gasteiger partial charge in [0.15, 0.2) is 0 Å². The van der Waals surface area contributed by atoms with Crippen molar-refractivity contribution in [2.24, 2.45) is 0 Å². The van der Waals surface area contributed by atoms with Gasteiger partial charge in [-0.2, -0.15) is 26.3 Å². The number of fused-ring (bicyclic) bond motifs is 1. The first-order valence-electron chi connectivity index (χ1n) is 10.7. The number of likely N-dealkylation sites (N-methyl/N-ethyl adjacent to an activating group) is 1. The number of aliphatic carboxylic acids is 2. The van der Waals surface area contributed by atoms with E-state index in [9.17, 15) is 26.3 Å². The number of aromatic nitrogens is 1. The van der Waals surface area contributed by atoms with Gasteiger partial charge in [-0.1, -0.05) is 12.1 Å². The molecule has 0 aliphatic carbocycles. The molecule has 0 spiro atoms. The van der Waals surface area contributed by atoms with Crippen LogP contribution >= 0.6 is 0 Å². The van der Waals surface area contributed by atoms with Gasteiger partial charge in [0.1, 0.15) is 0 Å². The number of carboxylic acids is 2. The number of carboxylic acid groups (broad SMARTS) is 2. The maximum absolute atomic E-state index is 10.6. The average molecular weight is 525 g/mol. The van der Waals surface area contributed by atoms with Crippen LogP contribution in [-0.2, 0) is 16.1 Å². The minimum absolute atomic E-state index is 0.693. The summed E-state index contributed by atoms with van der Waals surface area (Å²) in [6, 6.07) is 7.43. The Kier molecular flexibility index (Phi) is 10.7. The number of nitrogens with zero attached hydrogens (tertiary/aromatic N) is 3. The van der Waals surface area contributed by atoms with Crippen LogP contribution in [0.1, 0.15) is 28.8 Å². The molecule has 0 bridgehead atoms. The lowest BCUT2D eigenvalue weighted by molar-refractivity contribution is -0.193. The maximum Gasteiger partial charge on any atom is 0.490 e. The van der Waals surface area contributed by atoms with Crippen molar-refractivity contribution >= 4 is 22.8 Å². The van der Waals surface area contributed by atoms with Crippen molar-refractivity contribution < 1.29 is 46.1 Å². The molecule has 13 heteroatoms. The predicted octanol–water partition coefficient (Wildman–Crippen LogP) is 4.56. The standard InChI is InChI=1S/C19H27N3.2C2HF3O2/c1-13-6-7-18-16(10-14(2)20-19(18)15(13)3)11-22-9-8-17(12-22)21(4)5;2*3-2(4,5)1(6)7/h6-7,10,17H,8-9,11-12H2,1-5H3;2*(H,6,7).